The summed E-state index contributed by atoms with van der Waals surface area (Å²) in [5, 5.41) is 0. The largest absolute Gasteiger partial charge is 0.372 e. The van der Waals surface area contributed by atoms with Crippen molar-refractivity contribution in [2.45, 2.75) is 70.0 Å². The lowest BCUT2D eigenvalue weighted by atomic mass is 9.83. The molecule has 0 N–H and O–H groups in total. The van der Waals surface area contributed by atoms with Gasteiger partial charge in [-0.1, -0.05) is 19.8 Å². The lowest BCUT2D eigenvalue weighted by Gasteiger charge is -2.32. The SMILES string of the molecule is CCC(CCl)(CCl)CC1CCC2(CCCC2)O1. The Balaban J connectivity index is 1.92. The van der Waals surface area contributed by atoms with Gasteiger partial charge in [-0.3, -0.25) is 0 Å². The average Bonchev–Trinajstić information content (AvgIpc) is 2.98. The molecule has 2 aliphatic rings. The number of hydrogen-bond donors (Lipinski definition) is 0. The molecular formula is C14H24Cl2O. The summed E-state index contributed by atoms with van der Waals surface area (Å²) in [6.07, 6.45) is 10.2. The van der Waals surface area contributed by atoms with Gasteiger partial charge in [0.05, 0.1) is 11.7 Å². The van der Waals surface area contributed by atoms with E-state index in [0.29, 0.717) is 17.9 Å². The second-order valence-corrected chi connectivity index (χ2v) is 6.53. The van der Waals surface area contributed by atoms with Gasteiger partial charge in [0.1, 0.15) is 0 Å². The van der Waals surface area contributed by atoms with Crippen LogP contribution in [0.15, 0.2) is 0 Å². The van der Waals surface area contributed by atoms with Crippen molar-refractivity contribution in [2.75, 3.05) is 11.8 Å². The van der Waals surface area contributed by atoms with Gasteiger partial charge in [-0.25, -0.2) is 0 Å². The third kappa shape index (κ3) is 2.93. The minimum atomic E-state index is 0.0813. The Morgan fingerprint density at radius 1 is 1.18 bits per heavy atom. The van der Waals surface area contributed by atoms with Crippen LogP contribution in [0.3, 0.4) is 0 Å². The number of halogens is 2. The standard InChI is InChI=1S/C14H24Cl2O/c1-2-13(10-15,11-16)9-12-5-8-14(17-12)6-3-4-7-14/h12H,2-11H2,1H3. The molecule has 0 aromatic heterocycles. The molecule has 1 heterocycles. The molecule has 1 unspecified atom stereocenters. The van der Waals surface area contributed by atoms with Gasteiger partial charge in [-0.2, -0.15) is 0 Å². The Morgan fingerprint density at radius 3 is 2.35 bits per heavy atom. The van der Waals surface area contributed by atoms with Crippen molar-refractivity contribution >= 4 is 23.2 Å². The van der Waals surface area contributed by atoms with Crippen molar-refractivity contribution in [3.8, 4) is 0 Å². The predicted molar refractivity (Wildman–Crippen MR) is 74.1 cm³/mol. The van der Waals surface area contributed by atoms with E-state index in [-0.39, 0.29) is 11.0 Å². The number of hydrogen-bond acceptors (Lipinski definition) is 1. The molecule has 1 aliphatic carbocycles. The summed E-state index contributed by atoms with van der Waals surface area (Å²) in [7, 11) is 0. The molecule has 1 saturated carbocycles. The first-order valence-electron chi connectivity index (χ1n) is 6.97. The Bertz CT molecular complexity index is 236. The van der Waals surface area contributed by atoms with Crippen molar-refractivity contribution in [1.82, 2.24) is 0 Å². The summed E-state index contributed by atoms with van der Waals surface area (Å²) in [4.78, 5) is 0. The predicted octanol–water partition coefficient (Wildman–Crippen LogP) is 4.74. The van der Waals surface area contributed by atoms with Gasteiger partial charge in [0.25, 0.3) is 0 Å². The quantitative estimate of drug-likeness (QED) is 0.660. The van der Waals surface area contributed by atoms with E-state index >= 15 is 0 Å². The molecule has 1 aliphatic heterocycles. The van der Waals surface area contributed by atoms with E-state index in [9.17, 15) is 0 Å². The monoisotopic (exact) mass is 278 g/mol. The topological polar surface area (TPSA) is 9.23 Å². The maximum atomic E-state index is 6.35. The summed E-state index contributed by atoms with van der Waals surface area (Å²) >= 11 is 12.2. The van der Waals surface area contributed by atoms with E-state index in [2.05, 4.69) is 6.92 Å². The normalized spacial score (nSPS) is 28.1. The van der Waals surface area contributed by atoms with Crippen LogP contribution in [-0.2, 0) is 4.74 Å². The van der Waals surface area contributed by atoms with Crippen LogP contribution in [0.2, 0.25) is 0 Å². The van der Waals surface area contributed by atoms with Crippen LogP contribution < -0.4 is 0 Å². The molecule has 1 saturated heterocycles. The summed E-state index contributed by atoms with van der Waals surface area (Å²) in [6, 6.07) is 0. The maximum Gasteiger partial charge on any atom is 0.0687 e. The summed E-state index contributed by atoms with van der Waals surface area (Å²) in [5.41, 5.74) is 0.320. The van der Waals surface area contributed by atoms with Crippen LogP contribution in [0.5, 0.6) is 0 Å². The van der Waals surface area contributed by atoms with Gasteiger partial charge in [-0.05, 0) is 43.9 Å². The molecule has 0 bridgehead atoms. The highest BCUT2D eigenvalue weighted by Crippen LogP contribution is 2.46. The summed E-state index contributed by atoms with van der Waals surface area (Å²) < 4.78 is 6.35. The van der Waals surface area contributed by atoms with Crippen molar-refractivity contribution in [3.05, 3.63) is 0 Å². The molecule has 1 atom stereocenters. The first-order valence-corrected chi connectivity index (χ1v) is 8.04. The van der Waals surface area contributed by atoms with Crippen molar-refractivity contribution in [2.24, 2.45) is 5.41 Å². The fourth-order valence-corrected chi connectivity index (χ4v) is 4.27. The Morgan fingerprint density at radius 2 is 1.82 bits per heavy atom. The highest BCUT2D eigenvalue weighted by Gasteiger charge is 2.44. The van der Waals surface area contributed by atoms with Crippen molar-refractivity contribution < 1.29 is 4.74 Å². The minimum Gasteiger partial charge on any atom is -0.372 e. The molecule has 2 rings (SSSR count). The van der Waals surface area contributed by atoms with Crippen LogP contribution in [0, 0.1) is 5.41 Å². The average molecular weight is 279 g/mol. The van der Waals surface area contributed by atoms with Crippen LogP contribution in [0.25, 0.3) is 0 Å². The number of ether oxygens (including phenoxy) is 1. The van der Waals surface area contributed by atoms with Crippen molar-refractivity contribution in [3.63, 3.8) is 0 Å². The Hall–Kier alpha value is 0.540. The highest BCUT2D eigenvalue weighted by atomic mass is 35.5. The molecule has 100 valence electrons. The third-order valence-electron chi connectivity index (χ3n) is 4.83. The summed E-state index contributed by atoms with van der Waals surface area (Å²) in [6.45, 7) is 2.19. The van der Waals surface area contributed by atoms with E-state index in [1.54, 1.807) is 0 Å². The molecule has 17 heavy (non-hydrogen) atoms. The fourth-order valence-electron chi connectivity index (χ4n) is 3.39. The molecule has 1 nitrogen and oxygen atoms in total. The van der Waals surface area contributed by atoms with Gasteiger partial charge in [0.15, 0.2) is 0 Å². The van der Waals surface area contributed by atoms with Gasteiger partial charge in [-0.15, -0.1) is 23.2 Å². The van der Waals surface area contributed by atoms with E-state index in [0.717, 1.165) is 12.8 Å². The second-order valence-electron chi connectivity index (χ2n) is 5.99. The zero-order valence-electron chi connectivity index (χ0n) is 10.8. The van der Waals surface area contributed by atoms with Crippen LogP contribution in [0.1, 0.15) is 58.3 Å². The number of rotatable bonds is 5. The van der Waals surface area contributed by atoms with E-state index in [4.69, 9.17) is 27.9 Å². The van der Waals surface area contributed by atoms with Crippen molar-refractivity contribution in [1.29, 1.82) is 0 Å². The summed E-state index contributed by atoms with van der Waals surface area (Å²) in [5.74, 6) is 1.31. The Kier molecular flexibility index (Phi) is 4.66. The van der Waals surface area contributed by atoms with E-state index in [1.807, 2.05) is 0 Å². The molecule has 0 aromatic carbocycles. The maximum absolute atomic E-state index is 6.35. The van der Waals surface area contributed by atoms with Crippen LogP contribution >= 0.6 is 23.2 Å². The first kappa shape index (κ1) is 14.0. The van der Waals surface area contributed by atoms with Gasteiger partial charge in [0, 0.05) is 11.8 Å². The minimum absolute atomic E-state index is 0.0813. The Labute approximate surface area is 115 Å². The molecule has 0 radical (unpaired) electrons. The molecule has 1 spiro atoms. The molecule has 0 aromatic rings. The second kappa shape index (κ2) is 5.67. The first-order chi connectivity index (χ1) is 8.17. The fraction of sp³-hybridized carbons (Fsp3) is 1.00. The number of alkyl halides is 2. The van der Waals surface area contributed by atoms with E-state index < -0.39 is 0 Å². The lowest BCUT2D eigenvalue weighted by molar-refractivity contribution is -0.0500. The molecular weight excluding hydrogens is 255 g/mol. The smallest absolute Gasteiger partial charge is 0.0687 e. The van der Waals surface area contributed by atoms with Crippen LogP contribution in [0.4, 0.5) is 0 Å². The van der Waals surface area contributed by atoms with Crippen LogP contribution in [-0.4, -0.2) is 23.5 Å². The van der Waals surface area contributed by atoms with Gasteiger partial charge >= 0.3 is 0 Å². The lowest BCUT2D eigenvalue weighted by Crippen LogP contribution is -2.32. The van der Waals surface area contributed by atoms with E-state index in [1.165, 1.54) is 38.5 Å². The van der Waals surface area contributed by atoms with Gasteiger partial charge < -0.3 is 4.74 Å². The molecule has 3 heteroatoms. The third-order valence-corrected chi connectivity index (χ3v) is 5.96. The molecule has 0 amide bonds. The zero-order valence-corrected chi connectivity index (χ0v) is 12.3. The van der Waals surface area contributed by atoms with Gasteiger partial charge in [0.2, 0.25) is 0 Å². The highest BCUT2D eigenvalue weighted by molar-refractivity contribution is 6.21. The zero-order chi connectivity index (χ0) is 12.4. The molecule has 2 fully saturated rings.